The summed E-state index contributed by atoms with van der Waals surface area (Å²) in [5.74, 6) is 0.514. The summed E-state index contributed by atoms with van der Waals surface area (Å²) in [6, 6.07) is 10.8. The highest BCUT2D eigenvalue weighted by Gasteiger charge is 2.13. The van der Waals surface area contributed by atoms with Gasteiger partial charge >= 0.3 is 0 Å². The number of benzene rings is 1. The summed E-state index contributed by atoms with van der Waals surface area (Å²) in [4.78, 5) is 0. The van der Waals surface area contributed by atoms with Crippen molar-refractivity contribution in [1.82, 2.24) is 5.32 Å². The fourth-order valence-electron chi connectivity index (χ4n) is 2.17. The lowest BCUT2D eigenvalue weighted by Crippen LogP contribution is -2.32. The topological polar surface area (TPSA) is 26.1 Å². The van der Waals surface area contributed by atoms with Crippen molar-refractivity contribution in [1.29, 1.82) is 0 Å². The molecule has 0 heterocycles. The molecule has 2 heteroatoms. The molecule has 0 aliphatic carbocycles. The van der Waals surface area contributed by atoms with Crippen LogP contribution >= 0.6 is 0 Å². The molecule has 0 saturated carbocycles. The Morgan fingerprint density at radius 1 is 1.17 bits per heavy atom. The van der Waals surface area contributed by atoms with Gasteiger partial charge in [-0.25, -0.2) is 0 Å². The van der Waals surface area contributed by atoms with Crippen LogP contribution in [0.3, 0.4) is 0 Å². The van der Waals surface area contributed by atoms with E-state index in [4.69, 9.17) is 0 Å². The van der Waals surface area contributed by atoms with Crippen molar-refractivity contribution < 1.29 is 0 Å². The third-order valence-corrected chi connectivity index (χ3v) is 3.08. The van der Waals surface area contributed by atoms with Crippen LogP contribution in [0.4, 0.5) is 0 Å². The van der Waals surface area contributed by atoms with E-state index in [0.29, 0.717) is 17.4 Å². The monoisotopic (exact) mass is 247 g/mol. The molecular formula is C16H27N2-. The zero-order valence-electron chi connectivity index (χ0n) is 12.4. The van der Waals surface area contributed by atoms with Crippen molar-refractivity contribution in [3.05, 3.63) is 41.2 Å². The lowest BCUT2D eigenvalue weighted by molar-refractivity contribution is 0.355. The predicted molar refractivity (Wildman–Crippen MR) is 80.0 cm³/mol. The molecule has 102 valence electrons. The zero-order chi connectivity index (χ0) is 13.6. The van der Waals surface area contributed by atoms with Crippen LogP contribution in [0.2, 0.25) is 0 Å². The normalized spacial score (nSPS) is 15.4. The molecule has 1 N–H and O–H groups in total. The van der Waals surface area contributed by atoms with Crippen LogP contribution < -0.4 is 5.32 Å². The molecule has 0 spiro atoms. The summed E-state index contributed by atoms with van der Waals surface area (Å²) in [5, 5.41) is 8.08. The molecule has 0 saturated heterocycles. The first-order valence-corrected chi connectivity index (χ1v) is 6.78. The molecule has 0 aliphatic heterocycles. The Morgan fingerprint density at radius 3 is 2.28 bits per heavy atom. The molecule has 0 fully saturated rings. The van der Waals surface area contributed by atoms with Gasteiger partial charge in [-0.2, -0.15) is 7.05 Å². The molecule has 18 heavy (non-hydrogen) atoms. The molecule has 0 unspecified atom stereocenters. The maximum absolute atomic E-state index is 4.53. The van der Waals surface area contributed by atoms with Gasteiger partial charge < -0.3 is 10.6 Å². The molecule has 0 bridgehead atoms. The van der Waals surface area contributed by atoms with Crippen LogP contribution in [0.25, 0.3) is 5.32 Å². The second kappa shape index (κ2) is 6.91. The minimum Gasteiger partial charge on any atom is -0.658 e. The maximum atomic E-state index is 4.53. The summed E-state index contributed by atoms with van der Waals surface area (Å²) in [7, 11) is 1.91. The Kier molecular flexibility index (Phi) is 5.83. The maximum Gasteiger partial charge on any atom is -0.00000195 e. The van der Waals surface area contributed by atoms with E-state index in [0.717, 1.165) is 13.1 Å². The highest BCUT2D eigenvalue weighted by atomic mass is 14.9. The van der Waals surface area contributed by atoms with Gasteiger partial charge in [-0.3, -0.25) is 0 Å². The van der Waals surface area contributed by atoms with Crippen molar-refractivity contribution in [2.24, 2.45) is 11.3 Å². The van der Waals surface area contributed by atoms with Gasteiger partial charge in [-0.05, 0) is 24.4 Å². The molecule has 0 amide bonds. The number of hydrogen-bond acceptors (Lipinski definition) is 1. The van der Waals surface area contributed by atoms with Crippen molar-refractivity contribution in [2.75, 3.05) is 20.1 Å². The lowest BCUT2D eigenvalue weighted by atomic mass is 9.93. The Hall–Kier alpha value is -0.860. The number of hydrogen-bond donors (Lipinski definition) is 1. The van der Waals surface area contributed by atoms with E-state index >= 15 is 0 Å². The van der Waals surface area contributed by atoms with Gasteiger partial charge in [0, 0.05) is 0 Å². The number of rotatable bonds is 6. The van der Waals surface area contributed by atoms with E-state index in [1.165, 1.54) is 5.56 Å². The molecule has 1 aromatic carbocycles. The van der Waals surface area contributed by atoms with Crippen LogP contribution in [-0.4, -0.2) is 20.1 Å². The SMILES string of the molecule is C[N-][C@@H](c1ccccc1)[C@@H](C)CNCC(C)(C)C. The largest absolute Gasteiger partial charge is 0.658 e. The molecule has 2 nitrogen and oxygen atoms in total. The highest BCUT2D eigenvalue weighted by Crippen LogP contribution is 2.28. The fourth-order valence-corrected chi connectivity index (χ4v) is 2.17. The van der Waals surface area contributed by atoms with Crippen molar-refractivity contribution >= 4 is 0 Å². The van der Waals surface area contributed by atoms with Crippen LogP contribution in [0.5, 0.6) is 0 Å². The van der Waals surface area contributed by atoms with E-state index in [1.807, 2.05) is 7.05 Å². The quantitative estimate of drug-likeness (QED) is 0.808. The second-order valence-corrected chi connectivity index (χ2v) is 6.28. The highest BCUT2D eigenvalue weighted by molar-refractivity contribution is 5.23. The van der Waals surface area contributed by atoms with Crippen LogP contribution in [-0.2, 0) is 0 Å². The van der Waals surface area contributed by atoms with Gasteiger partial charge in [-0.1, -0.05) is 63.6 Å². The van der Waals surface area contributed by atoms with E-state index in [9.17, 15) is 0 Å². The lowest BCUT2D eigenvalue weighted by Gasteiger charge is -2.35. The van der Waals surface area contributed by atoms with Crippen LogP contribution in [0.15, 0.2) is 30.3 Å². The van der Waals surface area contributed by atoms with Gasteiger partial charge in [0.25, 0.3) is 0 Å². The third kappa shape index (κ3) is 5.19. The Labute approximate surface area is 112 Å². The van der Waals surface area contributed by atoms with Gasteiger partial charge in [0.2, 0.25) is 0 Å². The smallest absolute Gasteiger partial charge is 0.00000195 e. The average Bonchev–Trinajstić information content (AvgIpc) is 2.29. The van der Waals surface area contributed by atoms with Gasteiger partial charge in [-0.15, -0.1) is 6.04 Å². The molecular weight excluding hydrogens is 220 g/mol. The molecule has 1 rings (SSSR count). The molecule has 0 aliphatic rings. The van der Waals surface area contributed by atoms with Crippen LogP contribution in [0, 0.1) is 11.3 Å². The number of nitrogens with one attached hydrogen (secondary N) is 1. The molecule has 0 aromatic heterocycles. The minimum absolute atomic E-state index is 0.290. The Morgan fingerprint density at radius 2 is 1.78 bits per heavy atom. The van der Waals surface area contributed by atoms with Crippen LogP contribution in [0.1, 0.15) is 39.3 Å². The van der Waals surface area contributed by atoms with Crippen molar-refractivity contribution in [2.45, 2.75) is 33.7 Å². The van der Waals surface area contributed by atoms with E-state index in [1.54, 1.807) is 0 Å². The van der Waals surface area contributed by atoms with Gasteiger partial charge in [0.05, 0.1) is 0 Å². The predicted octanol–water partition coefficient (Wildman–Crippen LogP) is 4.00. The zero-order valence-corrected chi connectivity index (χ0v) is 12.4. The molecule has 1 aromatic rings. The summed E-state index contributed by atoms with van der Waals surface area (Å²) in [6.07, 6.45) is 0. The summed E-state index contributed by atoms with van der Waals surface area (Å²) >= 11 is 0. The van der Waals surface area contributed by atoms with E-state index in [-0.39, 0.29) is 0 Å². The summed E-state index contributed by atoms with van der Waals surface area (Å²) < 4.78 is 0. The number of nitrogens with zero attached hydrogens (tertiary/aromatic N) is 1. The third-order valence-electron chi connectivity index (χ3n) is 3.08. The first-order valence-electron chi connectivity index (χ1n) is 6.78. The fraction of sp³-hybridized carbons (Fsp3) is 0.625. The van der Waals surface area contributed by atoms with E-state index in [2.05, 4.69) is 68.7 Å². The Bertz CT molecular complexity index is 327. The second-order valence-electron chi connectivity index (χ2n) is 6.28. The molecule has 2 atom stereocenters. The van der Waals surface area contributed by atoms with Gasteiger partial charge in [0.1, 0.15) is 0 Å². The first-order chi connectivity index (χ1) is 8.44. The van der Waals surface area contributed by atoms with Crippen molar-refractivity contribution in [3.8, 4) is 0 Å². The Balaban J connectivity index is 2.51. The average molecular weight is 247 g/mol. The van der Waals surface area contributed by atoms with E-state index < -0.39 is 0 Å². The van der Waals surface area contributed by atoms with Crippen molar-refractivity contribution in [3.63, 3.8) is 0 Å². The standard InChI is InChI=1S/C16H27N2/c1-13(11-18-12-16(2,3)4)15(17-5)14-9-7-6-8-10-14/h6-10,13,15,18H,11-12H2,1-5H3/q-1/t13-,15+/m0/s1. The van der Waals surface area contributed by atoms with Gasteiger partial charge in [0.15, 0.2) is 0 Å². The summed E-state index contributed by atoms with van der Waals surface area (Å²) in [5.41, 5.74) is 1.65. The minimum atomic E-state index is 0.290. The first kappa shape index (κ1) is 15.2. The molecule has 0 radical (unpaired) electrons. The summed E-state index contributed by atoms with van der Waals surface area (Å²) in [6.45, 7) is 11.1.